The quantitative estimate of drug-likeness (QED) is 0.827. The van der Waals surface area contributed by atoms with E-state index in [2.05, 4.69) is 10.6 Å². The van der Waals surface area contributed by atoms with Crippen molar-refractivity contribution in [3.63, 3.8) is 0 Å². The van der Waals surface area contributed by atoms with E-state index < -0.39 is 17.6 Å². The first kappa shape index (κ1) is 18.2. The third kappa shape index (κ3) is 4.32. The first-order valence-corrected chi connectivity index (χ1v) is 8.01. The number of carbonyl (C=O) groups excluding carboxylic acids is 1. The van der Waals surface area contributed by atoms with E-state index >= 15 is 0 Å². The van der Waals surface area contributed by atoms with Gasteiger partial charge in [0, 0.05) is 16.8 Å². The van der Waals surface area contributed by atoms with Crippen molar-refractivity contribution in [2.45, 2.75) is 6.18 Å². The Morgan fingerprint density at radius 3 is 2.54 bits per heavy atom. The van der Waals surface area contributed by atoms with E-state index in [0.29, 0.717) is 30.4 Å². The summed E-state index contributed by atoms with van der Waals surface area (Å²) in [4.78, 5) is 12.0. The van der Waals surface area contributed by atoms with Crippen LogP contribution >= 0.6 is 11.6 Å². The molecule has 0 bridgehead atoms. The number of benzene rings is 2. The van der Waals surface area contributed by atoms with Crippen molar-refractivity contribution in [2.24, 2.45) is 0 Å². The zero-order valence-corrected chi connectivity index (χ0v) is 14.1. The van der Waals surface area contributed by atoms with Gasteiger partial charge in [-0.05, 0) is 30.3 Å². The fraction of sp³-hybridized carbons (Fsp3) is 0.235. The molecule has 138 valence electrons. The number of carbonyl (C=O) groups is 1. The molecule has 2 N–H and O–H groups in total. The van der Waals surface area contributed by atoms with Crippen LogP contribution < -0.4 is 20.1 Å². The van der Waals surface area contributed by atoms with Crippen molar-refractivity contribution < 1.29 is 27.4 Å². The number of amides is 1. The predicted molar refractivity (Wildman–Crippen MR) is 91.0 cm³/mol. The van der Waals surface area contributed by atoms with Gasteiger partial charge in [-0.1, -0.05) is 11.6 Å². The van der Waals surface area contributed by atoms with Gasteiger partial charge in [0.05, 0.1) is 17.8 Å². The number of alkyl halides is 3. The number of rotatable bonds is 4. The summed E-state index contributed by atoms with van der Waals surface area (Å²) in [5.74, 6) is 0.508. The Kier molecular flexibility index (Phi) is 5.13. The Balaban J connectivity index is 1.65. The van der Waals surface area contributed by atoms with Crippen LogP contribution in [0.25, 0.3) is 0 Å². The molecule has 2 aromatic rings. The number of hydrogen-bond acceptors (Lipinski definition) is 4. The predicted octanol–water partition coefficient (Wildman–Crippen LogP) is 4.18. The summed E-state index contributed by atoms with van der Waals surface area (Å²) in [6.07, 6.45) is -4.63. The second-order valence-corrected chi connectivity index (χ2v) is 5.88. The lowest BCUT2D eigenvalue weighted by molar-refractivity contribution is -0.137. The molecule has 1 aliphatic rings. The largest absolute Gasteiger partial charge is 0.486 e. The maximum Gasteiger partial charge on any atom is 0.418 e. The third-order valence-electron chi connectivity index (χ3n) is 3.56. The number of anilines is 2. The van der Waals surface area contributed by atoms with Crippen LogP contribution in [0.2, 0.25) is 5.02 Å². The Hall–Kier alpha value is -2.61. The molecule has 0 unspecified atom stereocenters. The van der Waals surface area contributed by atoms with Gasteiger partial charge in [-0.15, -0.1) is 0 Å². The van der Waals surface area contributed by atoms with E-state index in [0.717, 1.165) is 12.1 Å². The van der Waals surface area contributed by atoms with Crippen molar-refractivity contribution >= 4 is 28.9 Å². The number of nitrogens with one attached hydrogen (secondary N) is 2. The molecule has 9 heteroatoms. The number of halogens is 4. The summed E-state index contributed by atoms with van der Waals surface area (Å²) >= 11 is 5.61. The third-order valence-corrected chi connectivity index (χ3v) is 3.79. The summed E-state index contributed by atoms with van der Waals surface area (Å²) < 4.78 is 49.9. The van der Waals surface area contributed by atoms with Crippen molar-refractivity contribution in [3.8, 4) is 11.5 Å². The average molecular weight is 387 g/mol. The first-order valence-electron chi connectivity index (χ1n) is 7.63. The molecule has 0 saturated carbocycles. The van der Waals surface area contributed by atoms with E-state index in [1.165, 1.54) is 6.07 Å². The standard InChI is InChI=1S/C17H14ClF3N2O3/c18-10-1-3-13(12(7-10)17(19,20)21)23-16(24)9-22-11-2-4-14-15(8-11)26-6-5-25-14/h1-4,7-8,22H,5-6,9H2,(H,23,24). The number of hydrogen-bond donors (Lipinski definition) is 2. The number of fused-ring (bicyclic) bond motifs is 1. The Bertz CT molecular complexity index is 827. The average Bonchev–Trinajstić information content (AvgIpc) is 2.60. The molecule has 0 atom stereocenters. The van der Waals surface area contributed by atoms with Crippen molar-refractivity contribution in [1.29, 1.82) is 0 Å². The van der Waals surface area contributed by atoms with Crippen LogP contribution in [0.1, 0.15) is 5.56 Å². The lowest BCUT2D eigenvalue weighted by Crippen LogP contribution is -2.23. The Labute approximate surface area is 152 Å². The van der Waals surface area contributed by atoms with Crippen LogP contribution in [0, 0.1) is 0 Å². The Morgan fingerprint density at radius 2 is 1.81 bits per heavy atom. The summed E-state index contributed by atoms with van der Waals surface area (Å²) in [7, 11) is 0. The van der Waals surface area contributed by atoms with E-state index in [1.807, 2.05) is 0 Å². The van der Waals surface area contributed by atoms with Gasteiger partial charge in [-0.2, -0.15) is 13.2 Å². The maximum atomic E-state index is 13.0. The normalized spacial score (nSPS) is 13.2. The van der Waals surface area contributed by atoms with E-state index in [1.54, 1.807) is 18.2 Å². The van der Waals surface area contributed by atoms with Crippen LogP contribution in [0.15, 0.2) is 36.4 Å². The van der Waals surface area contributed by atoms with Crippen molar-refractivity contribution in [1.82, 2.24) is 0 Å². The highest BCUT2D eigenvalue weighted by molar-refractivity contribution is 6.30. The molecule has 3 rings (SSSR count). The van der Waals surface area contributed by atoms with Gasteiger partial charge in [-0.25, -0.2) is 0 Å². The molecule has 0 saturated heterocycles. The molecule has 1 heterocycles. The topological polar surface area (TPSA) is 59.6 Å². The van der Waals surface area contributed by atoms with Crippen LogP contribution in [0.4, 0.5) is 24.5 Å². The lowest BCUT2D eigenvalue weighted by Gasteiger charge is -2.19. The monoisotopic (exact) mass is 386 g/mol. The van der Waals surface area contributed by atoms with E-state index in [-0.39, 0.29) is 17.3 Å². The minimum atomic E-state index is -4.63. The molecular formula is C17H14ClF3N2O3. The van der Waals surface area contributed by atoms with Gasteiger partial charge in [0.1, 0.15) is 13.2 Å². The van der Waals surface area contributed by atoms with Crippen LogP contribution in [0.3, 0.4) is 0 Å². The molecule has 2 aromatic carbocycles. The van der Waals surface area contributed by atoms with Gasteiger partial charge in [-0.3, -0.25) is 4.79 Å². The molecule has 0 radical (unpaired) electrons. The summed E-state index contributed by atoms with van der Waals surface area (Å²) in [6.45, 7) is 0.665. The number of ether oxygens (including phenoxy) is 2. The zero-order chi connectivity index (χ0) is 18.7. The summed E-state index contributed by atoms with van der Waals surface area (Å²) in [6, 6.07) is 8.20. The Morgan fingerprint density at radius 1 is 1.08 bits per heavy atom. The molecule has 0 fully saturated rings. The van der Waals surface area contributed by atoms with Crippen molar-refractivity contribution in [2.75, 3.05) is 30.4 Å². The fourth-order valence-corrected chi connectivity index (χ4v) is 2.56. The van der Waals surface area contributed by atoms with Crippen LogP contribution in [-0.4, -0.2) is 25.7 Å². The fourth-order valence-electron chi connectivity index (χ4n) is 2.39. The molecule has 0 aliphatic carbocycles. The second kappa shape index (κ2) is 7.33. The minimum Gasteiger partial charge on any atom is -0.486 e. The lowest BCUT2D eigenvalue weighted by atomic mass is 10.1. The molecule has 1 amide bonds. The zero-order valence-electron chi connectivity index (χ0n) is 13.3. The SMILES string of the molecule is O=C(CNc1ccc2c(c1)OCCO2)Nc1ccc(Cl)cc1C(F)(F)F. The molecular weight excluding hydrogens is 373 g/mol. The molecule has 5 nitrogen and oxygen atoms in total. The molecule has 0 aromatic heterocycles. The van der Waals surface area contributed by atoms with Crippen LogP contribution in [-0.2, 0) is 11.0 Å². The van der Waals surface area contributed by atoms with Gasteiger partial charge in [0.2, 0.25) is 5.91 Å². The second-order valence-electron chi connectivity index (χ2n) is 5.45. The molecule has 26 heavy (non-hydrogen) atoms. The summed E-state index contributed by atoms with van der Waals surface area (Å²) in [5, 5.41) is 5.01. The van der Waals surface area contributed by atoms with Crippen LogP contribution in [0.5, 0.6) is 11.5 Å². The van der Waals surface area contributed by atoms with Gasteiger partial charge >= 0.3 is 6.18 Å². The highest BCUT2D eigenvalue weighted by atomic mass is 35.5. The van der Waals surface area contributed by atoms with E-state index in [9.17, 15) is 18.0 Å². The molecule has 1 aliphatic heterocycles. The van der Waals surface area contributed by atoms with E-state index in [4.69, 9.17) is 21.1 Å². The highest BCUT2D eigenvalue weighted by Crippen LogP contribution is 2.36. The summed E-state index contributed by atoms with van der Waals surface area (Å²) in [5.41, 5.74) is -0.773. The van der Waals surface area contributed by atoms with Gasteiger partial charge < -0.3 is 20.1 Å². The van der Waals surface area contributed by atoms with Crippen molar-refractivity contribution in [3.05, 3.63) is 47.0 Å². The smallest absolute Gasteiger partial charge is 0.418 e. The highest BCUT2D eigenvalue weighted by Gasteiger charge is 2.34. The molecule has 0 spiro atoms. The van der Waals surface area contributed by atoms with Gasteiger partial charge in [0.25, 0.3) is 0 Å². The minimum absolute atomic E-state index is 0.0651. The maximum absolute atomic E-state index is 13.0. The first-order chi connectivity index (χ1) is 12.3. The van der Waals surface area contributed by atoms with Gasteiger partial charge in [0.15, 0.2) is 11.5 Å².